The maximum absolute atomic E-state index is 6.33. The minimum absolute atomic E-state index is 0.796. The van der Waals surface area contributed by atoms with Gasteiger partial charge < -0.3 is 9.88 Å². The number of rotatable bonds is 6. The third-order valence-electron chi connectivity index (χ3n) is 3.06. The first-order valence-corrected chi connectivity index (χ1v) is 7.14. The SMILES string of the molecule is CCCn1ccnc1-c1ccc(CNCC)c(Cl)c1. The summed E-state index contributed by atoms with van der Waals surface area (Å²) < 4.78 is 2.16. The highest BCUT2D eigenvalue weighted by Gasteiger charge is 2.08. The maximum Gasteiger partial charge on any atom is 0.139 e. The second kappa shape index (κ2) is 6.73. The van der Waals surface area contributed by atoms with E-state index in [0.717, 1.165) is 48.0 Å². The number of imidazole rings is 1. The van der Waals surface area contributed by atoms with E-state index < -0.39 is 0 Å². The largest absolute Gasteiger partial charge is 0.331 e. The van der Waals surface area contributed by atoms with Crippen LogP contribution < -0.4 is 5.32 Å². The fraction of sp³-hybridized carbons (Fsp3) is 0.400. The van der Waals surface area contributed by atoms with Crippen LogP contribution in [0.3, 0.4) is 0 Å². The summed E-state index contributed by atoms with van der Waals surface area (Å²) >= 11 is 6.33. The van der Waals surface area contributed by atoms with Gasteiger partial charge in [-0.05, 0) is 24.6 Å². The van der Waals surface area contributed by atoms with Crippen molar-refractivity contribution in [2.24, 2.45) is 0 Å². The van der Waals surface area contributed by atoms with Crippen LogP contribution in [0.1, 0.15) is 25.8 Å². The van der Waals surface area contributed by atoms with Crippen molar-refractivity contribution in [3.63, 3.8) is 0 Å². The molecule has 3 nitrogen and oxygen atoms in total. The van der Waals surface area contributed by atoms with Crippen LogP contribution in [-0.2, 0) is 13.1 Å². The third-order valence-corrected chi connectivity index (χ3v) is 3.41. The molecule has 1 heterocycles. The summed E-state index contributed by atoms with van der Waals surface area (Å²) in [6, 6.07) is 6.17. The van der Waals surface area contributed by atoms with E-state index in [1.807, 2.05) is 18.5 Å². The highest BCUT2D eigenvalue weighted by molar-refractivity contribution is 6.31. The molecule has 0 atom stereocenters. The van der Waals surface area contributed by atoms with Gasteiger partial charge in [-0.2, -0.15) is 0 Å². The molecule has 0 aliphatic rings. The molecular formula is C15H20ClN3. The summed E-state index contributed by atoms with van der Waals surface area (Å²) in [6.07, 6.45) is 4.94. The Bertz CT molecular complexity index is 534. The van der Waals surface area contributed by atoms with Gasteiger partial charge in [-0.3, -0.25) is 0 Å². The van der Waals surface area contributed by atoms with E-state index in [1.54, 1.807) is 0 Å². The van der Waals surface area contributed by atoms with Gasteiger partial charge in [-0.25, -0.2) is 4.98 Å². The van der Waals surface area contributed by atoms with Crippen molar-refractivity contribution in [1.82, 2.24) is 14.9 Å². The zero-order valence-electron chi connectivity index (χ0n) is 11.5. The predicted molar refractivity (Wildman–Crippen MR) is 80.3 cm³/mol. The molecule has 0 bridgehead atoms. The number of aromatic nitrogens is 2. The van der Waals surface area contributed by atoms with Crippen LogP contribution in [0.15, 0.2) is 30.6 Å². The summed E-state index contributed by atoms with van der Waals surface area (Å²) in [7, 11) is 0. The van der Waals surface area contributed by atoms with E-state index in [0.29, 0.717) is 0 Å². The van der Waals surface area contributed by atoms with Crippen molar-refractivity contribution in [2.45, 2.75) is 33.4 Å². The Labute approximate surface area is 119 Å². The lowest BCUT2D eigenvalue weighted by molar-refractivity contribution is 0.685. The summed E-state index contributed by atoms with van der Waals surface area (Å²) in [4.78, 5) is 4.43. The Hall–Kier alpha value is -1.32. The van der Waals surface area contributed by atoms with Gasteiger partial charge in [0, 0.05) is 36.1 Å². The molecule has 1 N–H and O–H groups in total. The Balaban J connectivity index is 2.25. The van der Waals surface area contributed by atoms with Crippen LogP contribution in [-0.4, -0.2) is 16.1 Å². The first-order valence-electron chi connectivity index (χ1n) is 6.77. The molecule has 0 fully saturated rings. The minimum Gasteiger partial charge on any atom is -0.331 e. The van der Waals surface area contributed by atoms with Crippen molar-refractivity contribution in [3.05, 3.63) is 41.2 Å². The molecule has 2 aromatic rings. The van der Waals surface area contributed by atoms with E-state index in [2.05, 4.69) is 40.8 Å². The Kier molecular flexibility index (Phi) is 5.00. The lowest BCUT2D eigenvalue weighted by atomic mass is 10.1. The van der Waals surface area contributed by atoms with E-state index in [4.69, 9.17) is 11.6 Å². The van der Waals surface area contributed by atoms with Crippen LogP contribution in [0.2, 0.25) is 5.02 Å². The van der Waals surface area contributed by atoms with Gasteiger partial charge in [0.15, 0.2) is 0 Å². The van der Waals surface area contributed by atoms with E-state index in [-0.39, 0.29) is 0 Å². The highest BCUT2D eigenvalue weighted by Crippen LogP contribution is 2.24. The van der Waals surface area contributed by atoms with Crippen molar-refractivity contribution in [3.8, 4) is 11.4 Å². The topological polar surface area (TPSA) is 29.9 Å². The monoisotopic (exact) mass is 277 g/mol. The Morgan fingerprint density at radius 1 is 1.32 bits per heavy atom. The number of hydrogen-bond donors (Lipinski definition) is 1. The normalized spacial score (nSPS) is 10.9. The van der Waals surface area contributed by atoms with E-state index in [1.165, 1.54) is 0 Å². The fourth-order valence-electron chi connectivity index (χ4n) is 2.08. The maximum atomic E-state index is 6.33. The van der Waals surface area contributed by atoms with Crippen LogP contribution >= 0.6 is 11.6 Å². The molecule has 0 amide bonds. The molecule has 0 saturated carbocycles. The molecule has 1 aromatic carbocycles. The number of benzene rings is 1. The lowest BCUT2D eigenvalue weighted by Crippen LogP contribution is -2.12. The zero-order chi connectivity index (χ0) is 13.7. The molecular weight excluding hydrogens is 258 g/mol. The summed E-state index contributed by atoms with van der Waals surface area (Å²) in [5.41, 5.74) is 2.20. The molecule has 0 spiro atoms. The molecule has 1 aromatic heterocycles. The summed E-state index contributed by atoms with van der Waals surface area (Å²) in [6.45, 7) is 6.98. The Morgan fingerprint density at radius 2 is 2.16 bits per heavy atom. The number of nitrogens with one attached hydrogen (secondary N) is 1. The number of nitrogens with zero attached hydrogens (tertiary/aromatic N) is 2. The molecule has 0 aliphatic heterocycles. The van der Waals surface area contributed by atoms with Crippen LogP contribution in [0.4, 0.5) is 0 Å². The molecule has 0 saturated heterocycles. The average molecular weight is 278 g/mol. The highest BCUT2D eigenvalue weighted by atomic mass is 35.5. The van der Waals surface area contributed by atoms with Crippen LogP contribution in [0.5, 0.6) is 0 Å². The molecule has 2 rings (SSSR count). The van der Waals surface area contributed by atoms with Gasteiger partial charge in [-0.1, -0.05) is 37.6 Å². The number of hydrogen-bond acceptors (Lipinski definition) is 2. The van der Waals surface area contributed by atoms with Gasteiger partial charge in [0.1, 0.15) is 5.82 Å². The standard InChI is InChI=1S/C15H20ClN3/c1-3-8-19-9-7-18-15(19)12-5-6-13(11-17-4-2)14(16)10-12/h5-7,9-10,17H,3-4,8,11H2,1-2H3. The fourth-order valence-corrected chi connectivity index (χ4v) is 2.33. The van der Waals surface area contributed by atoms with Gasteiger partial charge >= 0.3 is 0 Å². The third kappa shape index (κ3) is 3.37. The second-order valence-corrected chi connectivity index (χ2v) is 4.94. The molecule has 0 radical (unpaired) electrons. The van der Waals surface area contributed by atoms with Crippen molar-refractivity contribution in [2.75, 3.05) is 6.54 Å². The smallest absolute Gasteiger partial charge is 0.139 e. The lowest BCUT2D eigenvalue weighted by Gasteiger charge is -2.09. The van der Waals surface area contributed by atoms with Crippen molar-refractivity contribution >= 4 is 11.6 Å². The van der Waals surface area contributed by atoms with E-state index >= 15 is 0 Å². The van der Waals surface area contributed by atoms with Crippen molar-refractivity contribution < 1.29 is 0 Å². The van der Waals surface area contributed by atoms with Crippen LogP contribution in [0.25, 0.3) is 11.4 Å². The van der Waals surface area contributed by atoms with Crippen molar-refractivity contribution in [1.29, 1.82) is 0 Å². The van der Waals surface area contributed by atoms with E-state index in [9.17, 15) is 0 Å². The summed E-state index contributed by atoms with van der Waals surface area (Å²) in [5, 5.41) is 4.08. The van der Waals surface area contributed by atoms with Gasteiger partial charge in [-0.15, -0.1) is 0 Å². The van der Waals surface area contributed by atoms with Gasteiger partial charge in [0.2, 0.25) is 0 Å². The van der Waals surface area contributed by atoms with Gasteiger partial charge in [0.25, 0.3) is 0 Å². The quantitative estimate of drug-likeness (QED) is 0.872. The first kappa shape index (κ1) is 14.1. The zero-order valence-corrected chi connectivity index (χ0v) is 12.2. The Morgan fingerprint density at radius 3 is 2.84 bits per heavy atom. The summed E-state index contributed by atoms with van der Waals surface area (Å²) in [5.74, 6) is 0.985. The molecule has 4 heteroatoms. The number of aryl methyl sites for hydroxylation is 1. The molecule has 0 aliphatic carbocycles. The average Bonchev–Trinajstić information content (AvgIpc) is 2.86. The second-order valence-electron chi connectivity index (χ2n) is 4.53. The van der Waals surface area contributed by atoms with Gasteiger partial charge in [0.05, 0.1) is 0 Å². The molecule has 0 unspecified atom stereocenters. The minimum atomic E-state index is 0.796. The molecule has 102 valence electrons. The first-order chi connectivity index (χ1) is 9.26. The molecule has 19 heavy (non-hydrogen) atoms. The van der Waals surface area contributed by atoms with Crippen LogP contribution in [0, 0.1) is 0 Å². The predicted octanol–water partition coefficient (Wildman–Crippen LogP) is 3.72. The number of halogens is 1.